The second kappa shape index (κ2) is 28.5. The Bertz CT molecular complexity index is 8510. The maximum absolute atomic E-state index is 4.94. The van der Waals surface area contributed by atoms with Crippen LogP contribution >= 0.6 is 0 Å². The van der Waals surface area contributed by atoms with E-state index in [1.54, 1.807) is 0 Å². The summed E-state index contributed by atoms with van der Waals surface area (Å²) in [6, 6.07) is 114. The van der Waals surface area contributed by atoms with Crippen molar-refractivity contribution in [2.45, 2.75) is 103 Å². The summed E-state index contributed by atoms with van der Waals surface area (Å²) in [4.78, 5) is 29.1. The highest BCUT2D eigenvalue weighted by Crippen LogP contribution is 2.64. The van der Waals surface area contributed by atoms with Gasteiger partial charge in [0.2, 0.25) is 0 Å². The SMILES string of the molecule is c1ccc2c(c1)Cc1c-2cc2c3c1Cc1c(ccc4c1-c1ccccc1C4)N3c1ncccc1C2.c1ccc2c(c1)Cc1c-2ccc2c1Cc1cc3c(c4c1N2c1cccnc1C4)Cc1ccccc1-3.c1ccc2c(c1)Cc1c-2ccc2c1Cc1cc3c(c4c1N2c1ccncc1C4)Cc1ccccc1-3.c1ccc2c(c1)Cc1c-2ccc2c1Cc1cc3c(c4c1N2c1cnccc1C4)Cc1ccccc1-3. The van der Waals surface area contributed by atoms with Gasteiger partial charge in [-0.05, 0) is 392 Å². The van der Waals surface area contributed by atoms with Crippen LogP contribution in [0.1, 0.15) is 178 Å². The summed E-state index contributed by atoms with van der Waals surface area (Å²) in [5.41, 5.74) is 84.2. The van der Waals surface area contributed by atoms with E-state index < -0.39 is 0 Å². The Kier molecular flexibility index (Phi) is 15.6. The molecule has 0 saturated heterocycles. The minimum absolute atomic E-state index is 0.915. The number of rotatable bonds is 0. The van der Waals surface area contributed by atoms with Crippen molar-refractivity contribution in [3.05, 3.63) is 519 Å². The minimum Gasteiger partial charge on any atom is -0.309 e. The Labute approximate surface area is 812 Å². The highest BCUT2D eigenvalue weighted by Gasteiger charge is 2.46. The van der Waals surface area contributed by atoms with Gasteiger partial charge in [0.15, 0.2) is 0 Å². The van der Waals surface area contributed by atoms with Gasteiger partial charge in [-0.1, -0.05) is 224 Å². The highest BCUT2D eigenvalue weighted by molar-refractivity contribution is 6.03. The topological polar surface area (TPSA) is 64.5 Å². The van der Waals surface area contributed by atoms with Crippen LogP contribution in [0.4, 0.5) is 68.4 Å². The second-order valence-electron chi connectivity index (χ2n) is 41.3. The fourth-order valence-electron chi connectivity index (χ4n) is 28.7. The first-order valence-corrected chi connectivity index (χ1v) is 50.3. The maximum atomic E-state index is 4.94. The minimum atomic E-state index is 0.915. The lowest BCUT2D eigenvalue weighted by molar-refractivity contribution is 0.950. The van der Waals surface area contributed by atoms with Crippen molar-refractivity contribution in [3.8, 4) is 89.0 Å². The van der Waals surface area contributed by atoms with Crippen molar-refractivity contribution < 1.29 is 0 Å². The van der Waals surface area contributed by atoms with Gasteiger partial charge in [-0.25, -0.2) is 4.98 Å². The molecule has 36 rings (SSSR count). The maximum Gasteiger partial charge on any atom is 0.141 e. The number of fused-ring (bicyclic) bond motifs is 48. The predicted molar refractivity (Wildman–Crippen MR) is 564 cm³/mol. The summed E-state index contributed by atoms with van der Waals surface area (Å²) in [5.74, 6) is 1.10. The van der Waals surface area contributed by atoms with Crippen molar-refractivity contribution in [2.24, 2.45) is 0 Å². The molecule has 0 unspecified atom stereocenters. The van der Waals surface area contributed by atoms with Crippen LogP contribution in [0.15, 0.2) is 340 Å². The van der Waals surface area contributed by atoms with Gasteiger partial charge in [0.25, 0.3) is 0 Å². The van der Waals surface area contributed by atoms with Gasteiger partial charge in [-0.15, -0.1) is 0 Å². The van der Waals surface area contributed by atoms with Crippen LogP contribution < -0.4 is 19.6 Å². The summed E-state index contributed by atoms with van der Waals surface area (Å²) in [6.45, 7) is 0. The number of pyridine rings is 4. The molecule has 0 radical (unpaired) electrons. The molecule has 4 aromatic heterocycles. The summed E-state index contributed by atoms with van der Waals surface area (Å²) in [7, 11) is 0. The molecule has 0 atom stereocenters. The molecule has 16 aromatic carbocycles. The first-order valence-electron chi connectivity index (χ1n) is 50.3. The molecule has 8 aliphatic carbocycles. The summed E-state index contributed by atoms with van der Waals surface area (Å²) < 4.78 is 0. The van der Waals surface area contributed by atoms with Gasteiger partial charge in [-0.2, -0.15) is 0 Å². The standard InChI is InChI=1S/4C33H22N2/c1-3-9-24-20(7-1)16-27-26(24)17-23-15-22-8-5-13-34-33(22)35-30-12-11-21-14-19-6-2-4-10-25(19)31(21)29(30)18-28(27)32(23)35;1-3-8-22-19(6-1)14-26-24(22)11-12-31-28(26)17-21-16-25-23-9-4-2-7-20(23)15-27(25)29-18-30-32(10-5-13-34-30)35(31)33(21)29;1-3-7-23-19(5-1)13-27-25(23)9-10-32-29(27)16-21-15-26-24-8-4-2-6-20(24)14-28(26)30-17-22-18-34-12-11-31(22)35(32)33(21)30;1-3-7-23-19(5-1)13-27-25(23)9-10-31-29(27)17-22-16-26-24-8-4-2-6-20(24)14-28(26)30-15-21-11-12-34-18-32(21)35(31)33(22)30/h1-13,17H,14-16,18H2;1-13,16H,14-15,17-18H2;1-12,15,18H,13-14,16-17H2;1-12,16,18H,13-15,17H2. The smallest absolute Gasteiger partial charge is 0.141 e. The van der Waals surface area contributed by atoms with E-state index in [1.165, 1.54) is 330 Å². The largest absolute Gasteiger partial charge is 0.309 e. The first kappa shape index (κ1) is 76.5. The zero-order valence-corrected chi connectivity index (χ0v) is 77.2. The zero-order chi connectivity index (χ0) is 90.7. The molecule has 0 saturated carbocycles. The van der Waals surface area contributed by atoms with Gasteiger partial charge >= 0.3 is 0 Å². The third-order valence-electron chi connectivity index (χ3n) is 34.6. The molecule has 656 valence electrons. The van der Waals surface area contributed by atoms with E-state index in [4.69, 9.17) is 9.97 Å². The summed E-state index contributed by atoms with van der Waals surface area (Å²) in [6.07, 6.45) is 28.0. The molecule has 0 fully saturated rings. The van der Waals surface area contributed by atoms with E-state index in [-0.39, 0.29) is 0 Å². The Morgan fingerprint density at radius 2 is 0.486 bits per heavy atom. The predicted octanol–water partition coefficient (Wildman–Crippen LogP) is 30.0. The lowest BCUT2D eigenvalue weighted by atomic mass is 9.81. The molecular formula is C132H88N8. The monoisotopic (exact) mass is 1780 g/mol. The number of nitrogens with zero attached hydrogens (tertiary/aromatic N) is 8. The van der Waals surface area contributed by atoms with Gasteiger partial charge in [0.05, 0.1) is 74.5 Å². The molecule has 140 heavy (non-hydrogen) atoms. The molecule has 8 heteroatoms. The lowest BCUT2D eigenvalue weighted by Crippen LogP contribution is -2.27. The molecule has 0 bridgehead atoms. The zero-order valence-electron chi connectivity index (χ0n) is 77.2. The van der Waals surface area contributed by atoms with Crippen LogP contribution in [0.25, 0.3) is 89.0 Å². The van der Waals surface area contributed by atoms with E-state index in [9.17, 15) is 0 Å². The third-order valence-corrected chi connectivity index (χ3v) is 34.6. The van der Waals surface area contributed by atoms with Gasteiger partial charge in [0, 0.05) is 82.4 Å². The second-order valence-corrected chi connectivity index (χ2v) is 41.3. The number of anilines is 12. The van der Waals surface area contributed by atoms with Crippen molar-refractivity contribution in [3.63, 3.8) is 0 Å². The average molecular weight is 1790 g/mol. The molecule has 8 aliphatic heterocycles. The molecule has 20 aromatic rings. The Hall–Kier alpha value is -16.7. The summed E-state index contributed by atoms with van der Waals surface area (Å²) >= 11 is 0. The molecule has 12 heterocycles. The van der Waals surface area contributed by atoms with Crippen LogP contribution in [-0.4, -0.2) is 19.9 Å². The van der Waals surface area contributed by atoms with E-state index >= 15 is 0 Å². The van der Waals surface area contributed by atoms with Crippen LogP contribution in [0.3, 0.4) is 0 Å². The number of hydrogen-bond acceptors (Lipinski definition) is 8. The van der Waals surface area contributed by atoms with E-state index in [0.29, 0.717) is 0 Å². The normalized spacial score (nSPS) is 14.9. The van der Waals surface area contributed by atoms with Crippen LogP contribution in [-0.2, 0) is 103 Å². The van der Waals surface area contributed by atoms with Crippen LogP contribution in [0.5, 0.6) is 0 Å². The van der Waals surface area contributed by atoms with Gasteiger partial charge in [-0.3, -0.25) is 19.9 Å². The molecule has 0 spiro atoms. The Morgan fingerprint density at radius 1 is 0.157 bits per heavy atom. The van der Waals surface area contributed by atoms with Crippen molar-refractivity contribution in [2.75, 3.05) is 19.6 Å². The van der Waals surface area contributed by atoms with Gasteiger partial charge in [0.1, 0.15) is 5.82 Å². The molecule has 0 amide bonds. The fourth-order valence-corrected chi connectivity index (χ4v) is 28.7. The number of hydrogen-bond donors (Lipinski definition) is 0. The lowest BCUT2D eigenvalue weighted by Gasteiger charge is -2.41. The van der Waals surface area contributed by atoms with Crippen LogP contribution in [0, 0.1) is 0 Å². The number of aromatic nitrogens is 4. The van der Waals surface area contributed by atoms with Crippen molar-refractivity contribution in [1.82, 2.24) is 19.9 Å². The van der Waals surface area contributed by atoms with E-state index in [0.717, 1.165) is 109 Å². The quantitative estimate of drug-likeness (QED) is 0.149. The molecule has 8 nitrogen and oxygen atoms in total. The first-order chi connectivity index (χ1) is 69.4. The summed E-state index contributed by atoms with van der Waals surface area (Å²) in [5, 5.41) is 0. The van der Waals surface area contributed by atoms with Gasteiger partial charge < -0.3 is 14.7 Å². The third kappa shape index (κ3) is 10.6. The van der Waals surface area contributed by atoms with E-state index in [1.807, 2.05) is 24.8 Å². The Morgan fingerprint density at radius 3 is 0.971 bits per heavy atom. The molecule has 16 aliphatic rings. The molecular weight excluding hydrogens is 1700 g/mol. The highest BCUT2D eigenvalue weighted by atomic mass is 15.2. The van der Waals surface area contributed by atoms with E-state index in [2.05, 4.69) is 345 Å². The average Bonchev–Trinajstić information content (AvgIpc) is 1.45. The van der Waals surface area contributed by atoms with Crippen molar-refractivity contribution in [1.29, 1.82) is 0 Å². The van der Waals surface area contributed by atoms with Crippen molar-refractivity contribution >= 4 is 68.4 Å². The molecule has 0 N–H and O–H groups in total. The van der Waals surface area contributed by atoms with Crippen LogP contribution in [0.2, 0.25) is 0 Å². The fraction of sp³-hybridized carbons (Fsp3) is 0.121. The Balaban J connectivity index is 0.0000000829. The number of benzene rings is 16.